The maximum atomic E-state index is 11.6. The van der Waals surface area contributed by atoms with Crippen molar-refractivity contribution in [1.82, 2.24) is 5.32 Å². The molecule has 0 aliphatic carbocycles. The Balaban J connectivity index is 0.00000324. The fourth-order valence-electron chi connectivity index (χ4n) is 1.51. The molecule has 0 saturated carbocycles. The highest BCUT2D eigenvalue weighted by Crippen LogP contribution is 2.12. The molecule has 1 atom stereocenters. The van der Waals surface area contributed by atoms with Crippen molar-refractivity contribution in [1.29, 1.82) is 0 Å². The molecular formula is C14H23ClN2O2. The fourth-order valence-corrected chi connectivity index (χ4v) is 1.51. The Bertz CT molecular complexity index is 368. The van der Waals surface area contributed by atoms with Crippen LogP contribution in [0, 0.1) is 5.92 Å². The van der Waals surface area contributed by atoms with Crippen LogP contribution in [-0.2, 0) is 11.2 Å². The summed E-state index contributed by atoms with van der Waals surface area (Å²) in [6.45, 7) is 3.26. The Morgan fingerprint density at radius 1 is 1.37 bits per heavy atom. The molecule has 0 aliphatic rings. The van der Waals surface area contributed by atoms with E-state index in [1.165, 1.54) is 0 Å². The number of carbonyl (C=O) groups excluding carboxylic acids is 1. The number of hydrogen-bond donors (Lipinski definition) is 2. The van der Waals surface area contributed by atoms with E-state index in [1.54, 1.807) is 7.11 Å². The van der Waals surface area contributed by atoms with Gasteiger partial charge in [0.05, 0.1) is 7.11 Å². The molecule has 0 radical (unpaired) electrons. The molecule has 1 aromatic rings. The van der Waals surface area contributed by atoms with Crippen molar-refractivity contribution in [2.24, 2.45) is 11.7 Å². The minimum atomic E-state index is 0. The Kier molecular flexibility index (Phi) is 9.00. The van der Waals surface area contributed by atoms with Gasteiger partial charge >= 0.3 is 0 Å². The zero-order valence-corrected chi connectivity index (χ0v) is 12.3. The van der Waals surface area contributed by atoms with Crippen molar-refractivity contribution in [3.8, 4) is 5.75 Å². The number of methoxy groups -OCH3 is 1. The summed E-state index contributed by atoms with van der Waals surface area (Å²) in [5, 5.41) is 2.88. The molecule has 0 heterocycles. The van der Waals surface area contributed by atoms with Crippen LogP contribution in [0.3, 0.4) is 0 Å². The molecule has 0 spiro atoms. The van der Waals surface area contributed by atoms with Gasteiger partial charge in [0.1, 0.15) is 5.75 Å². The van der Waals surface area contributed by atoms with Gasteiger partial charge in [0, 0.05) is 13.0 Å². The van der Waals surface area contributed by atoms with E-state index in [-0.39, 0.29) is 18.3 Å². The normalized spacial score (nSPS) is 11.3. The monoisotopic (exact) mass is 286 g/mol. The molecule has 4 nitrogen and oxygen atoms in total. The van der Waals surface area contributed by atoms with Crippen LogP contribution in [-0.4, -0.2) is 26.1 Å². The minimum Gasteiger partial charge on any atom is -0.497 e. The van der Waals surface area contributed by atoms with Gasteiger partial charge in [-0.2, -0.15) is 0 Å². The molecule has 1 unspecified atom stereocenters. The standard InChI is InChI=1S/C14H22N2O2.ClH/c1-11(9-15)10-16-14(17)8-5-12-3-6-13(18-2)7-4-12;/h3-4,6-7,11H,5,8-10,15H2,1-2H3,(H,16,17);1H. The van der Waals surface area contributed by atoms with Crippen molar-refractivity contribution in [2.45, 2.75) is 19.8 Å². The number of hydrogen-bond acceptors (Lipinski definition) is 3. The molecule has 1 rings (SSSR count). The summed E-state index contributed by atoms with van der Waals surface area (Å²) in [6.07, 6.45) is 1.25. The van der Waals surface area contributed by atoms with Crippen molar-refractivity contribution in [3.05, 3.63) is 29.8 Å². The average Bonchev–Trinajstić information content (AvgIpc) is 2.42. The number of aryl methyl sites for hydroxylation is 1. The Morgan fingerprint density at radius 3 is 2.53 bits per heavy atom. The smallest absolute Gasteiger partial charge is 0.220 e. The quantitative estimate of drug-likeness (QED) is 0.803. The van der Waals surface area contributed by atoms with Crippen molar-refractivity contribution < 1.29 is 9.53 Å². The Hall–Kier alpha value is -1.26. The van der Waals surface area contributed by atoms with E-state index in [9.17, 15) is 4.79 Å². The average molecular weight is 287 g/mol. The highest BCUT2D eigenvalue weighted by atomic mass is 35.5. The van der Waals surface area contributed by atoms with E-state index in [1.807, 2.05) is 31.2 Å². The van der Waals surface area contributed by atoms with E-state index in [0.717, 1.165) is 17.7 Å². The molecule has 0 saturated heterocycles. The lowest BCUT2D eigenvalue weighted by Gasteiger charge is -2.10. The third kappa shape index (κ3) is 7.03. The van der Waals surface area contributed by atoms with Gasteiger partial charge in [-0.3, -0.25) is 4.79 Å². The zero-order chi connectivity index (χ0) is 13.4. The molecule has 1 aromatic carbocycles. The molecule has 0 aromatic heterocycles. The second-order valence-corrected chi connectivity index (χ2v) is 4.49. The summed E-state index contributed by atoms with van der Waals surface area (Å²) in [6, 6.07) is 7.77. The number of ether oxygens (including phenoxy) is 1. The van der Waals surface area contributed by atoms with Gasteiger partial charge in [-0.1, -0.05) is 19.1 Å². The van der Waals surface area contributed by atoms with Gasteiger partial charge in [-0.25, -0.2) is 0 Å². The predicted octanol–water partition coefficient (Wildman–Crippen LogP) is 1.76. The molecule has 0 fully saturated rings. The van der Waals surface area contributed by atoms with E-state index in [2.05, 4.69) is 5.32 Å². The van der Waals surface area contributed by atoms with Crippen LogP contribution in [0.15, 0.2) is 24.3 Å². The number of carbonyl (C=O) groups is 1. The van der Waals surface area contributed by atoms with E-state index >= 15 is 0 Å². The van der Waals surface area contributed by atoms with Crippen LogP contribution < -0.4 is 15.8 Å². The van der Waals surface area contributed by atoms with Gasteiger partial charge in [0.2, 0.25) is 5.91 Å². The molecule has 19 heavy (non-hydrogen) atoms. The van der Waals surface area contributed by atoms with Gasteiger partial charge in [-0.15, -0.1) is 12.4 Å². The Labute approximate surface area is 121 Å². The summed E-state index contributed by atoms with van der Waals surface area (Å²) in [7, 11) is 1.64. The number of halogens is 1. The first kappa shape index (κ1) is 17.7. The van der Waals surface area contributed by atoms with Crippen molar-refractivity contribution >= 4 is 18.3 Å². The topological polar surface area (TPSA) is 64.3 Å². The first-order chi connectivity index (χ1) is 8.65. The number of benzene rings is 1. The van der Waals surface area contributed by atoms with Crippen molar-refractivity contribution in [2.75, 3.05) is 20.2 Å². The summed E-state index contributed by atoms with van der Waals surface area (Å²) in [4.78, 5) is 11.6. The van der Waals surface area contributed by atoms with Gasteiger partial charge in [-0.05, 0) is 36.6 Å². The second-order valence-electron chi connectivity index (χ2n) is 4.49. The van der Waals surface area contributed by atoms with E-state index in [4.69, 9.17) is 10.5 Å². The van der Waals surface area contributed by atoms with Crippen LogP contribution in [0.4, 0.5) is 0 Å². The van der Waals surface area contributed by atoms with Gasteiger partial charge in [0.15, 0.2) is 0 Å². The van der Waals surface area contributed by atoms with E-state index < -0.39 is 0 Å². The molecule has 108 valence electrons. The van der Waals surface area contributed by atoms with E-state index in [0.29, 0.717) is 25.4 Å². The largest absolute Gasteiger partial charge is 0.497 e. The predicted molar refractivity (Wildman–Crippen MR) is 79.8 cm³/mol. The highest BCUT2D eigenvalue weighted by Gasteiger charge is 2.04. The third-order valence-electron chi connectivity index (χ3n) is 2.85. The number of amides is 1. The van der Waals surface area contributed by atoms with Crippen LogP contribution in [0.25, 0.3) is 0 Å². The van der Waals surface area contributed by atoms with Crippen LogP contribution in [0.5, 0.6) is 5.75 Å². The molecule has 0 aliphatic heterocycles. The first-order valence-corrected chi connectivity index (χ1v) is 6.25. The lowest BCUT2D eigenvalue weighted by Crippen LogP contribution is -2.31. The molecular weight excluding hydrogens is 264 g/mol. The summed E-state index contributed by atoms with van der Waals surface area (Å²) in [5.74, 6) is 1.24. The molecule has 1 amide bonds. The summed E-state index contributed by atoms with van der Waals surface area (Å²) >= 11 is 0. The molecule has 3 N–H and O–H groups in total. The molecule has 5 heteroatoms. The summed E-state index contributed by atoms with van der Waals surface area (Å²) in [5.41, 5.74) is 6.62. The first-order valence-electron chi connectivity index (χ1n) is 6.25. The SMILES string of the molecule is COc1ccc(CCC(=O)NCC(C)CN)cc1.Cl. The highest BCUT2D eigenvalue weighted by molar-refractivity contribution is 5.85. The fraction of sp³-hybridized carbons (Fsp3) is 0.500. The summed E-state index contributed by atoms with van der Waals surface area (Å²) < 4.78 is 5.08. The van der Waals surface area contributed by atoms with Gasteiger partial charge in [0.25, 0.3) is 0 Å². The second kappa shape index (κ2) is 9.64. The number of nitrogens with one attached hydrogen (secondary N) is 1. The Morgan fingerprint density at radius 2 is 2.00 bits per heavy atom. The molecule has 0 bridgehead atoms. The maximum absolute atomic E-state index is 11.6. The van der Waals surface area contributed by atoms with Crippen LogP contribution in [0.2, 0.25) is 0 Å². The van der Waals surface area contributed by atoms with Gasteiger partial charge < -0.3 is 15.8 Å². The van der Waals surface area contributed by atoms with Crippen LogP contribution in [0.1, 0.15) is 18.9 Å². The van der Waals surface area contributed by atoms with Crippen LogP contribution >= 0.6 is 12.4 Å². The number of nitrogens with two attached hydrogens (primary N) is 1. The third-order valence-corrected chi connectivity index (χ3v) is 2.85. The minimum absolute atomic E-state index is 0. The lowest BCUT2D eigenvalue weighted by molar-refractivity contribution is -0.121. The number of rotatable bonds is 7. The van der Waals surface area contributed by atoms with Crippen molar-refractivity contribution in [3.63, 3.8) is 0 Å². The lowest BCUT2D eigenvalue weighted by atomic mass is 10.1. The maximum Gasteiger partial charge on any atom is 0.220 e. The zero-order valence-electron chi connectivity index (χ0n) is 11.5.